The topological polar surface area (TPSA) is 104 Å². The van der Waals surface area contributed by atoms with Gasteiger partial charge in [-0.3, -0.25) is 14.9 Å². The van der Waals surface area contributed by atoms with Crippen molar-refractivity contribution in [3.05, 3.63) is 52.1 Å². The van der Waals surface area contributed by atoms with E-state index in [0.29, 0.717) is 30.3 Å². The third kappa shape index (κ3) is 6.08. The molecule has 1 unspecified atom stereocenters. The molecule has 0 saturated heterocycles. The van der Waals surface area contributed by atoms with E-state index in [1.165, 1.54) is 25.3 Å². The van der Waals surface area contributed by atoms with E-state index in [-0.39, 0.29) is 23.9 Å². The van der Waals surface area contributed by atoms with Crippen molar-refractivity contribution in [3.63, 3.8) is 0 Å². The van der Waals surface area contributed by atoms with Gasteiger partial charge in [-0.25, -0.2) is 0 Å². The van der Waals surface area contributed by atoms with Crippen molar-refractivity contribution in [2.75, 3.05) is 39.7 Å². The number of nitro benzene ring substituents is 1. The smallest absolute Gasteiger partial charge is 0.279 e. The molecule has 2 N–H and O–H groups in total. The van der Waals surface area contributed by atoms with Gasteiger partial charge in [0.1, 0.15) is 12.3 Å². The highest BCUT2D eigenvalue weighted by molar-refractivity contribution is 5.93. The fraction of sp³-hybridized carbons (Fsp3) is 0.350. The maximum Gasteiger partial charge on any atom is 0.279 e. The molecule has 0 saturated carbocycles. The van der Waals surface area contributed by atoms with Crippen LogP contribution < -0.4 is 24.4 Å². The number of benzene rings is 2. The van der Waals surface area contributed by atoms with Crippen molar-refractivity contribution < 1.29 is 28.8 Å². The first-order valence-electron chi connectivity index (χ1n) is 9.11. The Morgan fingerprint density at radius 1 is 1.10 bits per heavy atom. The zero-order valence-corrected chi connectivity index (χ0v) is 17.0. The average Bonchev–Trinajstić information content (AvgIpc) is 2.69. The van der Waals surface area contributed by atoms with Crippen LogP contribution in [0.3, 0.4) is 0 Å². The molecule has 9 nitrogen and oxygen atoms in total. The molecule has 0 fully saturated rings. The van der Waals surface area contributed by atoms with E-state index in [9.17, 15) is 14.9 Å². The first kappa shape index (κ1) is 22.0. The summed E-state index contributed by atoms with van der Waals surface area (Å²) in [6, 6.07) is 9.74. The van der Waals surface area contributed by atoms with Crippen LogP contribution in [0.2, 0.25) is 0 Å². The molecule has 0 aliphatic heterocycles. The number of quaternary nitrogens is 1. The highest BCUT2D eigenvalue weighted by atomic mass is 16.6. The highest BCUT2D eigenvalue weighted by Gasteiger charge is 2.16. The van der Waals surface area contributed by atoms with Crippen LogP contribution in [0.1, 0.15) is 12.5 Å². The van der Waals surface area contributed by atoms with Gasteiger partial charge in [0.05, 0.1) is 44.6 Å². The number of hydrogen-bond acceptors (Lipinski definition) is 6. The third-order valence-electron chi connectivity index (χ3n) is 4.17. The summed E-state index contributed by atoms with van der Waals surface area (Å²) in [6.45, 7) is 3.26. The lowest BCUT2D eigenvalue weighted by Gasteiger charge is -2.16. The van der Waals surface area contributed by atoms with Gasteiger partial charge in [-0.15, -0.1) is 0 Å². The van der Waals surface area contributed by atoms with E-state index in [1.807, 2.05) is 32.2 Å². The normalized spacial score (nSPS) is 11.4. The van der Waals surface area contributed by atoms with E-state index in [1.54, 1.807) is 7.11 Å². The Morgan fingerprint density at radius 2 is 1.83 bits per heavy atom. The zero-order valence-electron chi connectivity index (χ0n) is 17.0. The Hall–Kier alpha value is -3.33. The summed E-state index contributed by atoms with van der Waals surface area (Å²) in [5.74, 6) is 1.34. The van der Waals surface area contributed by atoms with Crippen molar-refractivity contribution >= 4 is 17.3 Å². The van der Waals surface area contributed by atoms with Crippen LogP contribution in [0.15, 0.2) is 36.4 Å². The predicted octanol–water partition coefficient (Wildman–Crippen LogP) is 1.66. The summed E-state index contributed by atoms with van der Waals surface area (Å²) in [5.41, 5.74) is 1.29. The van der Waals surface area contributed by atoms with Crippen LogP contribution in [-0.2, 0) is 11.3 Å². The van der Waals surface area contributed by atoms with Crippen LogP contribution in [0, 0.1) is 10.1 Å². The minimum atomic E-state index is -0.517. The second-order valence-corrected chi connectivity index (χ2v) is 6.42. The first-order chi connectivity index (χ1) is 13.9. The van der Waals surface area contributed by atoms with Gasteiger partial charge < -0.3 is 24.4 Å². The zero-order chi connectivity index (χ0) is 21.4. The molecular formula is C20H26N3O6+. The standard InChI is InChI=1S/C20H25N3O6/c1-5-29-17-9-6-14(10-19(17)28-4)12-22(2)13-20(24)21-16-8-7-15(23(25)26)11-18(16)27-3/h6-11H,5,12-13H2,1-4H3,(H,21,24)/p+1. The highest BCUT2D eigenvalue weighted by Crippen LogP contribution is 2.29. The van der Waals surface area contributed by atoms with Crippen molar-refractivity contribution in [1.29, 1.82) is 0 Å². The number of carbonyl (C=O) groups is 1. The molecule has 1 atom stereocenters. The van der Waals surface area contributed by atoms with Gasteiger partial charge in [0.25, 0.3) is 11.6 Å². The minimum Gasteiger partial charge on any atom is -0.494 e. The van der Waals surface area contributed by atoms with Crippen molar-refractivity contribution in [1.82, 2.24) is 0 Å². The van der Waals surface area contributed by atoms with Crippen LogP contribution in [-0.4, -0.2) is 45.2 Å². The van der Waals surface area contributed by atoms with E-state index in [2.05, 4.69) is 5.32 Å². The van der Waals surface area contributed by atoms with Gasteiger partial charge in [-0.05, 0) is 31.2 Å². The molecule has 0 aliphatic rings. The van der Waals surface area contributed by atoms with Gasteiger partial charge in [0, 0.05) is 11.6 Å². The Kier molecular flexibility index (Phi) is 7.79. The molecule has 0 heterocycles. The van der Waals surface area contributed by atoms with Crippen LogP contribution in [0.25, 0.3) is 0 Å². The number of rotatable bonds is 10. The second kappa shape index (κ2) is 10.3. The van der Waals surface area contributed by atoms with Gasteiger partial charge in [-0.2, -0.15) is 0 Å². The number of hydrogen-bond donors (Lipinski definition) is 2. The molecule has 0 radical (unpaired) electrons. The van der Waals surface area contributed by atoms with E-state index >= 15 is 0 Å². The summed E-state index contributed by atoms with van der Waals surface area (Å²) in [4.78, 5) is 23.7. The van der Waals surface area contributed by atoms with Crippen molar-refractivity contribution in [2.24, 2.45) is 0 Å². The lowest BCUT2D eigenvalue weighted by Crippen LogP contribution is -3.08. The molecule has 156 valence electrons. The average molecular weight is 404 g/mol. The lowest BCUT2D eigenvalue weighted by molar-refractivity contribution is -0.885. The maximum atomic E-state index is 12.4. The quantitative estimate of drug-likeness (QED) is 0.461. The summed E-state index contributed by atoms with van der Waals surface area (Å²) < 4.78 is 16.0. The van der Waals surface area contributed by atoms with Gasteiger partial charge >= 0.3 is 0 Å². The van der Waals surface area contributed by atoms with E-state index < -0.39 is 4.92 Å². The Labute approximate surface area is 169 Å². The number of non-ortho nitro benzene ring substituents is 1. The fourth-order valence-electron chi connectivity index (χ4n) is 2.87. The number of nitrogens with zero attached hydrogens (tertiary/aromatic N) is 1. The number of ether oxygens (including phenoxy) is 3. The van der Waals surface area contributed by atoms with Gasteiger partial charge in [0.15, 0.2) is 18.0 Å². The molecule has 0 bridgehead atoms. The Bertz CT molecular complexity index is 871. The maximum absolute atomic E-state index is 12.4. The Morgan fingerprint density at radius 3 is 2.45 bits per heavy atom. The molecular weight excluding hydrogens is 378 g/mol. The molecule has 2 rings (SSSR count). The summed E-state index contributed by atoms with van der Waals surface area (Å²) in [6.07, 6.45) is 0. The second-order valence-electron chi connectivity index (χ2n) is 6.42. The number of likely N-dealkylation sites (N-methyl/N-ethyl adjacent to an activating group) is 1. The molecule has 1 amide bonds. The SMILES string of the molecule is CCOc1ccc(C[NH+](C)CC(=O)Nc2ccc([N+](=O)[O-])cc2OC)cc1OC. The van der Waals surface area contributed by atoms with Crippen molar-refractivity contribution in [2.45, 2.75) is 13.5 Å². The number of nitrogens with one attached hydrogen (secondary N) is 2. The van der Waals surface area contributed by atoms with Gasteiger partial charge in [-0.1, -0.05) is 0 Å². The fourth-order valence-corrected chi connectivity index (χ4v) is 2.87. The minimum absolute atomic E-state index is 0.105. The van der Waals surface area contributed by atoms with Gasteiger partial charge in [0.2, 0.25) is 0 Å². The van der Waals surface area contributed by atoms with E-state index in [4.69, 9.17) is 14.2 Å². The summed E-state index contributed by atoms with van der Waals surface area (Å²) >= 11 is 0. The molecule has 2 aromatic rings. The number of anilines is 1. The summed E-state index contributed by atoms with van der Waals surface area (Å²) in [7, 11) is 4.88. The molecule has 2 aromatic carbocycles. The lowest BCUT2D eigenvalue weighted by atomic mass is 10.2. The molecule has 9 heteroatoms. The monoisotopic (exact) mass is 404 g/mol. The predicted molar refractivity (Wildman–Crippen MR) is 108 cm³/mol. The third-order valence-corrected chi connectivity index (χ3v) is 4.17. The molecule has 29 heavy (non-hydrogen) atoms. The summed E-state index contributed by atoms with van der Waals surface area (Å²) in [5, 5.41) is 13.6. The molecule has 0 aromatic heterocycles. The molecule has 0 aliphatic carbocycles. The Balaban J connectivity index is 2.00. The van der Waals surface area contributed by atoms with Crippen LogP contribution in [0.4, 0.5) is 11.4 Å². The van der Waals surface area contributed by atoms with E-state index in [0.717, 1.165) is 10.5 Å². The molecule has 0 spiro atoms. The largest absolute Gasteiger partial charge is 0.494 e. The van der Waals surface area contributed by atoms with Crippen LogP contribution in [0.5, 0.6) is 17.2 Å². The van der Waals surface area contributed by atoms with Crippen LogP contribution >= 0.6 is 0 Å². The number of methoxy groups -OCH3 is 2. The number of nitro groups is 1. The number of amides is 1. The first-order valence-corrected chi connectivity index (χ1v) is 9.11. The van der Waals surface area contributed by atoms with Crippen molar-refractivity contribution in [3.8, 4) is 17.2 Å². The number of carbonyl (C=O) groups excluding carboxylic acids is 1.